The highest BCUT2D eigenvalue weighted by atomic mass is 32.2. The molecule has 33 heavy (non-hydrogen) atoms. The third-order valence-electron chi connectivity index (χ3n) is 5.48. The first-order chi connectivity index (χ1) is 15.8. The van der Waals surface area contributed by atoms with Gasteiger partial charge in [-0.25, -0.2) is 8.42 Å². The molecule has 2 heterocycles. The van der Waals surface area contributed by atoms with Crippen LogP contribution in [0.4, 0.5) is 5.69 Å². The van der Waals surface area contributed by atoms with Gasteiger partial charge in [0.05, 0.1) is 10.6 Å². The van der Waals surface area contributed by atoms with Crippen LogP contribution in [0, 0.1) is 13.8 Å². The van der Waals surface area contributed by atoms with Crippen molar-refractivity contribution in [2.24, 2.45) is 0 Å². The van der Waals surface area contributed by atoms with Crippen molar-refractivity contribution in [3.8, 4) is 5.69 Å². The van der Waals surface area contributed by atoms with E-state index in [1.165, 1.54) is 16.1 Å². The first-order valence-electron chi connectivity index (χ1n) is 10.9. The number of carbonyl (C=O) groups excluding carboxylic acids is 1. The lowest BCUT2D eigenvalue weighted by Gasteiger charge is -2.25. The zero-order valence-corrected chi connectivity index (χ0v) is 20.3. The Bertz CT molecular complexity index is 1230. The molecule has 2 aromatic carbocycles. The molecular weight excluding hydrogens is 458 g/mol. The number of hydrogen-bond donors (Lipinski definition) is 1. The average molecular weight is 486 g/mol. The van der Waals surface area contributed by atoms with Crippen molar-refractivity contribution in [2.45, 2.75) is 43.2 Å². The minimum Gasteiger partial charge on any atom is -0.325 e. The zero-order valence-electron chi connectivity index (χ0n) is 18.7. The predicted molar refractivity (Wildman–Crippen MR) is 129 cm³/mol. The van der Waals surface area contributed by atoms with Gasteiger partial charge in [0.2, 0.25) is 15.9 Å². The Morgan fingerprint density at radius 2 is 1.76 bits per heavy atom. The fourth-order valence-corrected chi connectivity index (χ4v) is 6.11. The first-order valence-corrected chi connectivity index (χ1v) is 13.3. The maximum Gasteiger partial charge on any atom is 0.243 e. The van der Waals surface area contributed by atoms with Gasteiger partial charge in [0.15, 0.2) is 5.16 Å². The molecule has 1 aliphatic rings. The lowest BCUT2D eigenvalue weighted by molar-refractivity contribution is -0.113. The number of nitrogens with zero attached hydrogens (tertiary/aromatic N) is 4. The molecule has 0 bridgehead atoms. The van der Waals surface area contributed by atoms with Crippen LogP contribution in [0.1, 0.15) is 30.7 Å². The van der Waals surface area contributed by atoms with Gasteiger partial charge in [-0.05, 0) is 68.7 Å². The molecule has 174 valence electrons. The van der Waals surface area contributed by atoms with Gasteiger partial charge in [-0.2, -0.15) is 4.31 Å². The predicted octanol–water partition coefficient (Wildman–Crippen LogP) is 3.79. The lowest BCUT2D eigenvalue weighted by Crippen LogP contribution is -2.35. The van der Waals surface area contributed by atoms with Crippen molar-refractivity contribution >= 4 is 33.4 Å². The Morgan fingerprint density at radius 1 is 1.03 bits per heavy atom. The number of aryl methyl sites for hydroxylation is 2. The fraction of sp³-hybridized carbons (Fsp3) is 0.348. The maximum absolute atomic E-state index is 12.8. The summed E-state index contributed by atoms with van der Waals surface area (Å²) in [4.78, 5) is 12.8. The molecule has 1 aromatic heterocycles. The van der Waals surface area contributed by atoms with E-state index < -0.39 is 10.0 Å². The largest absolute Gasteiger partial charge is 0.325 e. The second kappa shape index (κ2) is 10.1. The van der Waals surface area contributed by atoms with E-state index in [0.717, 1.165) is 36.3 Å². The summed E-state index contributed by atoms with van der Waals surface area (Å²) in [6.45, 7) is 5.01. The molecule has 8 nitrogen and oxygen atoms in total. The highest BCUT2D eigenvalue weighted by molar-refractivity contribution is 7.99. The van der Waals surface area contributed by atoms with Gasteiger partial charge in [0, 0.05) is 24.5 Å². The van der Waals surface area contributed by atoms with Crippen molar-refractivity contribution in [1.82, 2.24) is 19.1 Å². The standard InChI is InChI=1S/C23H27N5O3S2/c1-17-7-6-8-20(15-17)28-18(2)25-26-23(28)32-16-22(29)24-19-9-11-21(12-10-19)33(30,31)27-13-4-3-5-14-27/h6-12,15H,3-5,13-14,16H2,1-2H3,(H,24,29). The third kappa shape index (κ3) is 5.45. The number of thioether (sulfide) groups is 1. The minimum atomic E-state index is -3.49. The number of anilines is 1. The normalized spacial score (nSPS) is 14.8. The topological polar surface area (TPSA) is 97.2 Å². The molecule has 0 atom stereocenters. The van der Waals surface area contributed by atoms with Crippen LogP contribution in [0.15, 0.2) is 58.6 Å². The highest BCUT2D eigenvalue weighted by Gasteiger charge is 2.25. The van der Waals surface area contributed by atoms with Crippen LogP contribution in [0.25, 0.3) is 5.69 Å². The summed E-state index contributed by atoms with van der Waals surface area (Å²) in [5.74, 6) is 0.690. The average Bonchev–Trinajstić information content (AvgIpc) is 3.19. The zero-order chi connectivity index (χ0) is 23.4. The van der Waals surface area contributed by atoms with E-state index in [-0.39, 0.29) is 16.6 Å². The minimum absolute atomic E-state index is 0.151. The Balaban J connectivity index is 1.38. The summed E-state index contributed by atoms with van der Waals surface area (Å²) in [5.41, 5.74) is 2.63. The summed E-state index contributed by atoms with van der Waals surface area (Å²) in [6, 6.07) is 14.4. The smallest absolute Gasteiger partial charge is 0.243 e. The molecule has 0 spiro atoms. The molecule has 0 saturated carbocycles. The van der Waals surface area contributed by atoms with E-state index >= 15 is 0 Å². The molecule has 0 unspecified atom stereocenters. The molecule has 1 N–H and O–H groups in total. The Kier molecular flexibility index (Phi) is 7.16. The molecule has 10 heteroatoms. The van der Waals surface area contributed by atoms with Crippen molar-refractivity contribution in [3.63, 3.8) is 0 Å². The maximum atomic E-state index is 12.8. The number of piperidine rings is 1. The molecule has 1 aliphatic heterocycles. The van der Waals surface area contributed by atoms with E-state index in [1.807, 2.05) is 42.7 Å². The monoisotopic (exact) mass is 485 g/mol. The fourth-order valence-electron chi connectivity index (χ4n) is 3.79. The van der Waals surface area contributed by atoms with Gasteiger partial charge in [-0.1, -0.05) is 30.3 Å². The van der Waals surface area contributed by atoms with Gasteiger partial charge in [-0.3, -0.25) is 9.36 Å². The summed E-state index contributed by atoms with van der Waals surface area (Å²) >= 11 is 1.30. The quantitative estimate of drug-likeness (QED) is 0.512. The number of benzene rings is 2. The number of rotatable bonds is 7. The van der Waals surface area contributed by atoms with Crippen LogP contribution < -0.4 is 5.32 Å². The molecule has 3 aromatic rings. The third-order valence-corrected chi connectivity index (χ3v) is 8.32. The van der Waals surface area contributed by atoms with Crippen LogP contribution in [0.3, 0.4) is 0 Å². The van der Waals surface area contributed by atoms with Crippen LogP contribution >= 0.6 is 11.8 Å². The number of nitrogens with one attached hydrogen (secondary N) is 1. The van der Waals surface area contributed by atoms with Crippen molar-refractivity contribution in [2.75, 3.05) is 24.2 Å². The van der Waals surface area contributed by atoms with Gasteiger partial charge >= 0.3 is 0 Å². The van der Waals surface area contributed by atoms with E-state index in [0.29, 0.717) is 23.9 Å². The number of aromatic nitrogens is 3. The molecule has 1 fully saturated rings. The van der Waals surface area contributed by atoms with Crippen molar-refractivity contribution in [3.05, 3.63) is 59.9 Å². The summed E-state index contributed by atoms with van der Waals surface area (Å²) in [5, 5.41) is 11.8. The first kappa shape index (κ1) is 23.5. The number of sulfonamides is 1. The summed E-state index contributed by atoms with van der Waals surface area (Å²) < 4.78 is 29.0. The highest BCUT2D eigenvalue weighted by Crippen LogP contribution is 2.24. The van der Waals surface area contributed by atoms with Crippen LogP contribution in [-0.2, 0) is 14.8 Å². The molecule has 1 amide bonds. The van der Waals surface area contributed by atoms with E-state index in [2.05, 4.69) is 15.5 Å². The Morgan fingerprint density at radius 3 is 2.45 bits per heavy atom. The van der Waals surface area contributed by atoms with Gasteiger partial charge in [-0.15, -0.1) is 10.2 Å². The van der Waals surface area contributed by atoms with Crippen LogP contribution in [0.2, 0.25) is 0 Å². The van der Waals surface area contributed by atoms with E-state index in [4.69, 9.17) is 0 Å². The SMILES string of the molecule is Cc1cccc(-n2c(C)nnc2SCC(=O)Nc2ccc(S(=O)(=O)N3CCCCC3)cc2)c1. The molecule has 0 radical (unpaired) electrons. The summed E-state index contributed by atoms with van der Waals surface area (Å²) in [6.07, 6.45) is 2.85. The lowest BCUT2D eigenvalue weighted by atomic mass is 10.2. The van der Waals surface area contributed by atoms with Crippen LogP contribution in [0.5, 0.6) is 0 Å². The Labute approximate surface area is 198 Å². The van der Waals surface area contributed by atoms with Gasteiger partial charge in [0.1, 0.15) is 5.82 Å². The molecule has 0 aliphatic carbocycles. The summed E-state index contributed by atoms with van der Waals surface area (Å²) in [7, 11) is -3.49. The van der Waals surface area contributed by atoms with Crippen LogP contribution in [-0.4, -0.2) is 52.2 Å². The Hall–Kier alpha value is -2.69. The number of hydrogen-bond acceptors (Lipinski definition) is 6. The molecule has 4 rings (SSSR count). The van der Waals surface area contributed by atoms with Crippen molar-refractivity contribution in [1.29, 1.82) is 0 Å². The number of carbonyl (C=O) groups is 1. The molecular formula is C23H27N5O3S2. The molecule has 1 saturated heterocycles. The number of amides is 1. The second-order valence-electron chi connectivity index (χ2n) is 8.03. The van der Waals surface area contributed by atoms with Gasteiger partial charge < -0.3 is 5.32 Å². The van der Waals surface area contributed by atoms with E-state index in [9.17, 15) is 13.2 Å². The van der Waals surface area contributed by atoms with E-state index in [1.54, 1.807) is 24.3 Å². The van der Waals surface area contributed by atoms with Gasteiger partial charge in [0.25, 0.3) is 0 Å². The second-order valence-corrected chi connectivity index (χ2v) is 10.9. The van der Waals surface area contributed by atoms with Crippen molar-refractivity contribution < 1.29 is 13.2 Å².